The fourth-order valence-electron chi connectivity index (χ4n) is 6.02. The normalized spacial score (nSPS) is 27.0. The van der Waals surface area contributed by atoms with Gasteiger partial charge in [-0.15, -0.1) is 0 Å². The van der Waals surface area contributed by atoms with Gasteiger partial charge in [-0.2, -0.15) is 0 Å². The highest BCUT2D eigenvalue weighted by atomic mass is 15.3. The van der Waals surface area contributed by atoms with E-state index in [9.17, 15) is 0 Å². The predicted octanol–water partition coefficient (Wildman–Crippen LogP) is 6.93. The summed E-state index contributed by atoms with van der Waals surface area (Å²) in [6.07, 6.45) is 26.5. The van der Waals surface area contributed by atoms with Crippen LogP contribution in [0.1, 0.15) is 116 Å². The average molecular weight is 395 g/mol. The Labute approximate surface area is 178 Å². The Morgan fingerprint density at radius 2 is 0.786 bits per heavy atom. The van der Waals surface area contributed by atoms with E-state index in [0.717, 1.165) is 12.1 Å². The quantitative estimate of drug-likeness (QED) is 0.235. The molecule has 0 N–H and O–H groups in total. The summed E-state index contributed by atoms with van der Waals surface area (Å²) in [4.78, 5) is 0. The van der Waals surface area contributed by atoms with Crippen molar-refractivity contribution in [1.29, 1.82) is 0 Å². The zero-order valence-electron chi connectivity index (χ0n) is 20.2. The van der Waals surface area contributed by atoms with Crippen molar-refractivity contribution in [1.82, 2.24) is 0 Å². The maximum atomic E-state index is 2.46. The molecule has 2 nitrogen and oxygen atoms in total. The van der Waals surface area contributed by atoms with Crippen LogP contribution in [0.5, 0.6) is 0 Å². The van der Waals surface area contributed by atoms with E-state index >= 15 is 0 Å². The molecule has 28 heavy (non-hydrogen) atoms. The first-order valence-electron chi connectivity index (χ1n) is 13.1. The van der Waals surface area contributed by atoms with Crippen LogP contribution in [-0.2, 0) is 0 Å². The van der Waals surface area contributed by atoms with Crippen molar-refractivity contribution >= 4 is 0 Å². The van der Waals surface area contributed by atoms with Crippen molar-refractivity contribution in [3.8, 4) is 0 Å². The molecule has 2 heteroatoms. The maximum absolute atomic E-state index is 2.46. The number of unbranched alkanes of at least 4 members (excludes halogenated alkanes) is 9. The first kappa shape index (κ1) is 24.2. The van der Waals surface area contributed by atoms with Crippen LogP contribution in [0, 0.1) is 0 Å². The Kier molecular flexibility index (Phi) is 10.9. The number of piperidine rings is 2. The van der Waals surface area contributed by atoms with E-state index in [4.69, 9.17) is 0 Å². The van der Waals surface area contributed by atoms with Crippen molar-refractivity contribution in [2.75, 3.05) is 41.3 Å². The van der Waals surface area contributed by atoms with Gasteiger partial charge >= 0.3 is 0 Å². The number of likely N-dealkylation sites (tertiary alicyclic amines) is 2. The second-order valence-electron chi connectivity index (χ2n) is 11.4. The Morgan fingerprint density at radius 3 is 1.11 bits per heavy atom. The zero-order valence-corrected chi connectivity index (χ0v) is 20.2. The summed E-state index contributed by atoms with van der Waals surface area (Å²) in [5, 5.41) is 0. The van der Waals surface area contributed by atoms with Gasteiger partial charge in [0.15, 0.2) is 0 Å². The van der Waals surface area contributed by atoms with Gasteiger partial charge in [-0.05, 0) is 64.2 Å². The summed E-state index contributed by atoms with van der Waals surface area (Å²) >= 11 is 0. The largest absolute Gasteiger partial charge is 0.326 e. The van der Waals surface area contributed by atoms with Crippen LogP contribution in [0.2, 0.25) is 0 Å². The molecular weight excluding hydrogens is 340 g/mol. The molecule has 2 heterocycles. The van der Waals surface area contributed by atoms with E-state index in [2.05, 4.69) is 28.2 Å². The second-order valence-corrected chi connectivity index (χ2v) is 11.4. The van der Waals surface area contributed by atoms with Crippen LogP contribution in [0.4, 0.5) is 0 Å². The van der Waals surface area contributed by atoms with Gasteiger partial charge in [-0.25, -0.2) is 0 Å². The van der Waals surface area contributed by atoms with Gasteiger partial charge in [0, 0.05) is 0 Å². The molecule has 2 unspecified atom stereocenters. The van der Waals surface area contributed by atoms with Gasteiger partial charge < -0.3 is 8.97 Å². The number of nitrogens with zero attached hydrogens (tertiary/aromatic N) is 2. The smallest absolute Gasteiger partial charge is 0.0886 e. The van der Waals surface area contributed by atoms with E-state index in [-0.39, 0.29) is 0 Å². The lowest BCUT2D eigenvalue weighted by molar-refractivity contribution is -0.920. The van der Waals surface area contributed by atoms with E-state index < -0.39 is 0 Å². The van der Waals surface area contributed by atoms with Crippen LogP contribution < -0.4 is 0 Å². The van der Waals surface area contributed by atoms with Gasteiger partial charge in [0.1, 0.15) is 0 Å². The highest BCUT2D eigenvalue weighted by Gasteiger charge is 2.31. The van der Waals surface area contributed by atoms with Crippen LogP contribution in [0.25, 0.3) is 0 Å². The fraction of sp³-hybridized carbons (Fsp3) is 1.00. The van der Waals surface area contributed by atoms with Crippen molar-refractivity contribution in [3.63, 3.8) is 0 Å². The third-order valence-corrected chi connectivity index (χ3v) is 8.35. The van der Waals surface area contributed by atoms with Gasteiger partial charge in [-0.1, -0.05) is 51.4 Å². The number of hydrogen-bond donors (Lipinski definition) is 0. The minimum absolute atomic E-state index is 0.951. The Morgan fingerprint density at radius 1 is 0.464 bits per heavy atom. The maximum Gasteiger partial charge on any atom is 0.0886 e. The Hall–Kier alpha value is -0.0800. The van der Waals surface area contributed by atoms with E-state index in [1.165, 1.54) is 138 Å². The number of quaternary nitrogens is 2. The number of rotatable bonds is 13. The topological polar surface area (TPSA) is 0 Å². The van der Waals surface area contributed by atoms with Crippen LogP contribution >= 0.6 is 0 Å². The molecular formula is C26H54N2+2. The van der Waals surface area contributed by atoms with E-state index in [1.54, 1.807) is 0 Å². The average Bonchev–Trinajstić information content (AvgIpc) is 2.64. The second kappa shape index (κ2) is 12.6. The molecule has 166 valence electrons. The van der Waals surface area contributed by atoms with Gasteiger partial charge in [-0.3, -0.25) is 0 Å². The third-order valence-electron chi connectivity index (χ3n) is 8.35. The van der Waals surface area contributed by atoms with Crippen molar-refractivity contribution in [2.24, 2.45) is 0 Å². The Balaban J connectivity index is 1.35. The molecule has 2 rings (SSSR count). The van der Waals surface area contributed by atoms with Crippen molar-refractivity contribution in [3.05, 3.63) is 0 Å². The first-order valence-corrected chi connectivity index (χ1v) is 13.1. The molecule has 0 aromatic carbocycles. The van der Waals surface area contributed by atoms with Gasteiger partial charge in [0.2, 0.25) is 0 Å². The molecule has 0 spiro atoms. The molecule has 2 aliphatic rings. The summed E-state index contributed by atoms with van der Waals surface area (Å²) in [6.45, 7) is 2.81. The van der Waals surface area contributed by atoms with E-state index in [0.29, 0.717) is 0 Å². The lowest BCUT2D eigenvalue weighted by Crippen LogP contribution is -2.51. The van der Waals surface area contributed by atoms with Gasteiger partial charge in [0.05, 0.1) is 53.4 Å². The summed E-state index contributed by atoms with van der Waals surface area (Å²) in [5.74, 6) is 0. The molecule has 2 saturated heterocycles. The first-order chi connectivity index (χ1) is 13.4. The lowest BCUT2D eigenvalue weighted by Gasteiger charge is -2.41. The monoisotopic (exact) mass is 394 g/mol. The fourth-order valence-corrected chi connectivity index (χ4v) is 6.02. The highest BCUT2D eigenvalue weighted by Crippen LogP contribution is 2.27. The van der Waals surface area contributed by atoms with Crippen LogP contribution in [0.15, 0.2) is 0 Å². The standard InChI is InChI=1S/C26H54N2/c1-27(2)23-17-15-21-25(27)19-13-11-9-7-5-6-8-10-12-14-20-26-22-16-18-24-28(26,3)4/h25-26H,5-24H2,1-4H3/q+2. The summed E-state index contributed by atoms with van der Waals surface area (Å²) < 4.78 is 2.58. The SMILES string of the molecule is C[N+]1(C)CCCCC1CCCCCCCCCCCCC1CCCC[N+]1(C)C. The third kappa shape index (κ3) is 8.74. The molecule has 0 bridgehead atoms. The summed E-state index contributed by atoms with van der Waals surface area (Å²) in [6, 6.07) is 1.90. The molecule has 0 aliphatic carbocycles. The van der Waals surface area contributed by atoms with Crippen molar-refractivity contribution in [2.45, 2.75) is 128 Å². The summed E-state index contributed by atoms with van der Waals surface area (Å²) in [5.41, 5.74) is 0. The molecule has 0 radical (unpaired) electrons. The zero-order chi connectivity index (χ0) is 20.3. The molecule has 0 aromatic heterocycles. The minimum atomic E-state index is 0.951. The highest BCUT2D eigenvalue weighted by molar-refractivity contribution is 4.66. The number of hydrogen-bond acceptors (Lipinski definition) is 0. The van der Waals surface area contributed by atoms with Gasteiger partial charge in [0.25, 0.3) is 0 Å². The van der Waals surface area contributed by atoms with Crippen LogP contribution in [-0.4, -0.2) is 62.3 Å². The molecule has 0 saturated carbocycles. The molecule has 2 aliphatic heterocycles. The lowest BCUT2D eigenvalue weighted by atomic mass is 9.94. The van der Waals surface area contributed by atoms with Crippen molar-refractivity contribution < 1.29 is 8.97 Å². The molecule has 0 aromatic rings. The predicted molar refractivity (Wildman–Crippen MR) is 125 cm³/mol. The Bertz CT molecular complexity index is 363. The molecule has 2 atom stereocenters. The molecule has 0 amide bonds. The van der Waals surface area contributed by atoms with Crippen LogP contribution in [0.3, 0.4) is 0 Å². The minimum Gasteiger partial charge on any atom is -0.326 e. The van der Waals surface area contributed by atoms with E-state index in [1.807, 2.05) is 0 Å². The summed E-state index contributed by atoms with van der Waals surface area (Å²) in [7, 11) is 9.83. The molecule has 2 fully saturated rings.